The molecule has 1 aliphatic heterocycles. The summed E-state index contributed by atoms with van der Waals surface area (Å²) in [5, 5.41) is 0.332. The van der Waals surface area contributed by atoms with E-state index < -0.39 is 6.04 Å². The Labute approximate surface area is 92.5 Å². The van der Waals surface area contributed by atoms with E-state index in [0.29, 0.717) is 23.0 Å². The Morgan fingerprint density at radius 1 is 1.47 bits per heavy atom. The number of rotatable bonds is 2. The van der Waals surface area contributed by atoms with Gasteiger partial charge in [-0.15, -0.1) is 0 Å². The van der Waals surface area contributed by atoms with Crippen molar-refractivity contribution in [2.45, 2.75) is 12.5 Å². The number of ether oxygens (including phenoxy) is 1. The van der Waals surface area contributed by atoms with E-state index in [1.54, 1.807) is 6.07 Å². The van der Waals surface area contributed by atoms with E-state index in [0.717, 1.165) is 6.42 Å². The maximum absolute atomic E-state index is 12.8. The molecule has 0 fully saturated rings. The fraction of sp³-hybridized carbons (Fsp3) is 0.273. The maximum atomic E-state index is 12.8. The second-order valence-electron chi connectivity index (χ2n) is 3.39. The largest absolute Gasteiger partial charge is 0.496 e. The minimum absolute atomic E-state index is 0.332. The Balaban J connectivity index is 2.28. The molecule has 0 radical (unpaired) electrons. The molecule has 0 spiro atoms. The molecule has 0 aromatic heterocycles. The number of nitrogens with two attached hydrogens (primary N) is 1. The average molecular weight is 228 g/mol. The average Bonchev–Trinajstić information content (AvgIpc) is 2.69. The molecule has 2 nitrogen and oxygen atoms in total. The Kier molecular flexibility index (Phi) is 2.93. The van der Waals surface area contributed by atoms with Crippen LogP contribution in [0.25, 0.3) is 0 Å². The van der Waals surface area contributed by atoms with Gasteiger partial charge in [0.05, 0.1) is 12.6 Å². The molecule has 1 heterocycles. The minimum atomic E-state index is -0.402. The van der Waals surface area contributed by atoms with E-state index in [-0.39, 0.29) is 5.82 Å². The molecule has 0 saturated carbocycles. The van der Waals surface area contributed by atoms with Crippen LogP contribution in [0.5, 0.6) is 0 Å². The highest BCUT2D eigenvalue weighted by molar-refractivity contribution is 6.31. The van der Waals surface area contributed by atoms with E-state index in [2.05, 4.69) is 0 Å². The highest BCUT2D eigenvalue weighted by Gasteiger charge is 2.19. The highest BCUT2D eigenvalue weighted by atomic mass is 35.5. The van der Waals surface area contributed by atoms with Crippen molar-refractivity contribution in [3.05, 3.63) is 46.4 Å². The van der Waals surface area contributed by atoms with Gasteiger partial charge in [-0.05, 0) is 23.8 Å². The van der Waals surface area contributed by atoms with Crippen molar-refractivity contribution in [3.63, 3.8) is 0 Å². The predicted molar refractivity (Wildman–Crippen MR) is 57.0 cm³/mol. The van der Waals surface area contributed by atoms with Gasteiger partial charge in [0.1, 0.15) is 11.6 Å². The van der Waals surface area contributed by atoms with Gasteiger partial charge in [0.15, 0.2) is 0 Å². The number of hydrogen-bond acceptors (Lipinski definition) is 2. The summed E-state index contributed by atoms with van der Waals surface area (Å²) in [4.78, 5) is 0. The number of halogens is 2. The second-order valence-corrected chi connectivity index (χ2v) is 3.79. The maximum Gasteiger partial charge on any atom is 0.124 e. The summed E-state index contributed by atoms with van der Waals surface area (Å²) in [5.74, 6) is 0.348. The highest BCUT2D eigenvalue weighted by Crippen LogP contribution is 2.29. The Hall–Kier alpha value is -1.06. The Morgan fingerprint density at radius 3 is 2.87 bits per heavy atom. The van der Waals surface area contributed by atoms with Crippen LogP contribution >= 0.6 is 11.6 Å². The fourth-order valence-corrected chi connectivity index (χ4v) is 1.85. The smallest absolute Gasteiger partial charge is 0.124 e. The van der Waals surface area contributed by atoms with Gasteiger partial charge in [0.25, 0.3) is 0 Å². The van der Waals surface area contributed by atoms with Crippen LogP contribution in [0.3, 0.4) is 0 Å². The zero-order valence-corrected chi connectivity index (χ0v) is 8.80. The summed E-state index contributed by atoms with van der Waals surface area (Å²) in [6, 6.07) is 3.79. The van der Waals surface area contributed by atoms with Gasteiger partial charge in [-0.25, -0.2) is 4.39 Å². The van der Waals surface area contributed by atoms with E-state index in [1.165, 1.54) is 12.1 Å². The lowest BCUT2D eigenvalue weighted by Gasteiger charge is -2.14. The SMILES string of the molecule is NC(C1=CCCO1)c1ccc(F)cc1Cl. The lowest BCUT2D eigenvalue weighted by molar-refractivity contribution is 0.225. The van der Waals surface area contributed by atoms with Crippen molar-refractivity contribution in [2.24, 2.45) is 5.73 Å². The molecule has 4 heteroatoms. The normalized spacial score (nSPS) is 17.1. The van der Waals surface area contributed by atoms with Crippen LogP contribution in [-0.4, -0.2) is 6.61 Å². The van der Waals surface area contributed by atoms with E-state index in [4.69, 9.17) is 22.1 Å². The van der Waals surface area contributed by atoms with Gasteiger partial charge < -0.3 is 10.5 Å². The van der Waals surface area contributed by atoms with Gasteiger partial charge in [0, 0.05) is 11.4 Å². The summed E-state index contributed by atoms with van der Waals surface area (Å²) >= 11 is 5.90. The van der Waals surface area contributed by atoms with Crippen LogP contribution in [0.2, 0.25) is 5.02 Å². The topological polar surface area (TPSA) is 35.2 Å². The molecule has 80 valence electrons. The second kappa shape index (κ2) is 4.21. The first kappa shape index (κ1) is 10.5. The molecular formula is C11H11ClFNO. The molecular weight excluding hydrogens is 217 g/mol. The number of benzene rings is 1. The minimum Gasteiger partial charge on any atom is -0.496 e. The molecule has 1 aromatic carbocycles. The van der Waals surface area contributed by atoms with Crippen LogP contribution in [0.15, 0.2) is 30.0 Å². The van der Waals surface area contributed by atoms with Crippen molar-refractivity contribution >= 4 is 11.6 Å². The quantitative estimate of drug-likeness (QED) is 0.843. The Morgan fingerprint density at radius 2 is 2.27 bits per heavy atom. The molecule has 1 unspecified atom stereocenters. The van der Waals surface area contributed by atoms with Crippen molar-refractivity contribution in [1.29, 1.82) is 0 Å². The molecule has 1 aliphatic rings. The van der Waals surface area contributed by atoms with Crippen molar-refractivity contribution < 1.29 is 9.13 Å². The molecule has 0 bridgehead atoms. The van der Waals surface area contributed by atoms with E-state index in [1.807, 2.05) is 6.08 Å². The number of hydrogen-bond donors (Lipinski definition) is 1. The molecule has 1 aromatic rings. The third-order valence-corrected chi connectivity index (χ3v) is 2.66. The standard InChI is InChI=1S/C11H11ClFNO/c12-9-6-7(13)3-4-8(9)11(14)10-2-1-5-15-10/h2-4,6,11H,1,5,14H2. The van der Waals surface area contributed by atoms with Crippen LogP contribution in [0.4, 0.5) is 4.39 Å². The molecule has 0 amide bonds. The first-order valence-electron chi connectivity index (χ1n) is 4.72. The predicted octanol–water partition coefficient (Wildman–Crippen LogP) is 2.78. The van der Waals surface area contributed by atoms with Crippen LogP contribution in [0.1, 0.15) is 18.0 Å². The molecule has 0 aliphatic carbocycles. The van der Waals surface area contributed by atoms with Gasteiger partial charge in [-0.3, -0.25) is 0 Å². The summed E-state index contributed by atoms with van der Waals surface area (Å²) in [6.45, 7) is 0.655. The molecule has 1 atom stereocenters. The summed E-state index contributed by atoms with van der Waals surface area (Å²) in [6.07, 6.45) is 2.80. The summed E-state index contributed by atoms with van der Waals surface area (Å²) in [5.41, 5.74) is 6.64. The van der Waals surface area contributed by atoms with Gasteiger partial charge in [-0.1, -0.05) is 17.7 Å². The summed E-state index contributed by atoms with van der Waals surface area (Å²) < 4.78 is 18.2. The van der Waals surface area contributed by atoms with Gasteiger partial charge in [0.2, 0.25) is 0 Å². The third kappa shape index (κ3) is 2.13. The molecule has 0 saturated heterocycles. The first-order chi connectivity index (χ1) is 7.18. The molecule has 2 N–H and O–H groups in total. The van der Waals surface area contributed by atoms with Gasteiger partial charge in [-0.2, -0.15) is 0 Å². The monoisotopic (exact) mass is 227 g/mol. The van der Waals surface area contributed by atoms with Crippen molar-refractivity contribution in [1.82, 2.24) is 0 Å². The lowest BCUT2D eigenvalue weighted by atomic mass is 10.1. The van der Waals surface area contributed by atoms with Crippen LogP contribution < -0.4 is 5.73 Å². The first-order valence-corrected chi connectivity index (χ1v) is 5.09. The van der Waals surface area contributed by atoms with Crippen LogP contribution in [-0.2, 0) is 4.74 Å². The zero-order chi connectivity index (χ0) is 10.8. The molecule has 15 heavy (non-hydrogen) atoms. The Bertz CT molecular complexity index is 406. The van der Waals surface area contributed by atoms with E-state index >= 15 is 0 Å². The van der Waals surface area contributed by atoms with Crippen LogP contribution in [0, 0.1) is 5.82 Å². The lowest BCUT2D eigenvalue weighted by Crippen LogP contribution is -2.14. The third-order valence-electron chi connectivity index (χ3n) is 2.34. The fourth-order valence-electron chi connectivity index (χ4n) is 1.56. The van der Waals surface area contributed by atoms with Crippen molar-refractivity contribution in [2.75, 3.05) is 6.61 Å². The van der Waals surface area contributed by atoms with Gasteiger partial charge >= 0.3 is 0 Å². The molecule has 2 rings (SSSR count). The zero-order valence-electron chi connectivity index (χ0n) is 8.04. The van der Waals surface area contributed by atoms with Crippen molar-refractivity contribution in [3.8, 4) is 0 Å². The summed E-state index contributed by atoms with van der Waals surface area (Å²) in [7, 11) is 0. The van der Waals surface area contributed by atoms with E-state index in [9.17, 15) is 4.39 Å².